The first-order valence-corrected chi connectivity index (χ1v) is 13.9. The van der Waals surface area contributed by atoms with E-state index in [1.54, 1.807) is 6.20 Å². The van der Waals surface area contributed by atoms with Crippen LogP contribution >= 0.6 is 0 Å². The molecule has 2 aromatic rings. The number of rotatable bonds is 8. The molecule has 1 aromatic heterocycles. The number of hydrogen-bond acceptors (Lipinski definition) is 4. The summed E-state index contributed by atoms with van der Waals surface area (Å²) in [7, 11) is 2.18. The quantitative estimate of drug-likeness (QED) is 0.576. The number of urea groups is 1. The van der Waals surface area contributed by atoms with Crippen LogP contribution in [0.1, 0.15) is 72.5 Å². The molecule has 3 amide bonds. The number of nitrogens with zero attached hydrogens (tertiary/aromatic N) is 4. The van der Waals surface area contributed by atoms with Crippen LogP contribution in [0.2, 0.25) is 0 Å². The van der Waals surface area contributed by atoms with Crippen LogP contribution in [-0.2, 0) is 13.1 Å². The molecule has 2 fully saturated rings. The molecule has 0 radical (unpaired) electrons. The summed E-state index contributed by atoms with van der Waals surface area (Å²) in [5, 5.41) is 3.14. The van der Waals surface area contributed by atoms with Crippen molar-refractivity contribution in [1.82, 2.24) is 25.0 Å². The van der Waals surface area contributed by atoms with Gasteiger partial charge in [-0.2, -0.15) is 0 Å². The fraction of sp³-hybridized carbons (Fsp3) is 0.567. The predicted molar refractivity (Wildman–Crippen MR) is 145 cm³/mol. The number of carbonyl (C=O) groups excluding carboxylic acids is 2. The second kappa shape index (κ2) is 10.8. The Bertz CT molecular complexity index is 1090. The number of pyridine rings is 1. The minimum Gasteiger partial charge on any atom is -0.339 e. The summed E-state index contributed by atoms with van der Waals surface area (Å²) in [6, 6.07) is 10.3. The van der Waals surface area contributed by atoms with E-state index in [1.807, 2.05) is 34.2 Å². The zero-order valence-corrected chi connectivity index (χ0v) is 22.6. The van der Waals surface area contributed by atoms with Gasteiger partial charge in [-0.1, -0.05) is 19.1 Å². The first kappa shape index (κ1) is 25.7. The molecule has 37 heavy (non-hydrogen) atoms. The average molecular weight is 504 g/mol. The smallest absolute Gasteiger partial charge is 0.318 e. The number of hydrogen-bond donors (Lipinski definition) is 1. The first-order valence-electron chi connectivity index (χ1n) is 13.9. The Morgan fingerprint density at radius 3 is 2.54 bits per heavy atom. The van der Waals surface area contributed by atoms with E-state index < -0.39 is 0 Å². The van der Waals surface area contributed by atoms with Crippen molar-refractivity contribution < 1.29 is 9.59 Å². The number of likely N-dealkylation sites (tertiary alicyclic amines) is 1. The Labute approximate surface area is 221 Å². The van der Waals surface area contributed by atoms with E-state index in [-0.39, 0.29) is 17.4 Å². The van der Waals surface area contributed by atoms with E-state index in [9.17, 15) is 9.59 Å². The third-order valence-electron chi connectivity index (χ3n) is 9.02. The average Bonchev–Trinajstić information content (AvgIpc) is 3.36. The highest BCUT2D eigenvalue weighted by Crippen LogP contribution is 2.54. The summed E-state index contributed by atoms with van der Waals surface area (Å²) in [5.74, 6) is 1.19. The van der Waals surface area contributed by atoms with Gasteiger partial charge in [-0.15, -0.1) is 0 Å². The molecule has 2 unspecified atom stereocenters. The van der Waals surface area contributed by atoms with Gasteiger partial charge in [-0.25, -0.2) is 4.79 Å². The fourth-order valence-corrected chi connectivity index (χ4v) is 6.03. The Balaban J connectivity index is 1.07. The van der Waals surface area contributed by atoms with Crippen LogP contribution in [0.3, 0.4) is 0 Å². The fourth-order valence-electron chi connectivity index (χ4n) is 6.03. The molecule has 3 heterocycles. The van der Waals surface area contributed by atoms with Crippen LogP contribution in [-0.4, -0.2) is 71.4 Å². The highest BCUT2D eigenvalue weighted by Gasteiger charge is 2.49. The molecule has 1 aromatic carbocycles. The van der Waals surface area contributed by atoms with E-state index in [0.717, 1.165) is 43.6 Å². The third kappa shape index (κ3) is 5.82. The Hall–Kier alpha value is -2.93. The maximum Gasteiger partial charge on any atom is 0.318 e. The Morgan fingerprint density at radius 1 is 1.11 bits per heavy atom. The van der Waals surface area contributed by atoms with Gasteiger partial charge in [0.2, 0.25) is 0 Å². The molecule has 2 aliphatic heterocycles. The van der Waals surface area contributed by atoms with Crippen molar-refractivity contribution in [2.75, 3.05) is 39.8 Å². The second-order valence-corrected chi connectivity index (χ2v) is 11.6. The van der Waals surface area contributed by atoms with Gasteiger partial charge >= 0.3 is 6.03 Å². The van der Waals surface area contributed by atoms with E-state index in [1.165, 1.54) is 24.0 Å². The molecule has 7 nitrogen and oxygen atoms in total. The van der Waals surface area contributed by atoms with Gasteiger partial charge in [0.15, 0.2) is 0 Å². The normalized spacial score (nSPS) is 23.5. The van der Waals surface area contributed by atoms with Crippen LogP contribution < -0.4 is 5.32 Å². The van der Waals surface area contributed by atoms with Gasteiger partial charge in [0.05, 0.1) is 0 Å². The minimum absolute atomic E-state index is 0.000457. The van der Waals surface area contributed by atoms with Gasteiger partial charge < -0.3 is 20.0 Å². The topological polar surface area (TPSA) is 68.8 Å². The SMILES string of the molecule is CCN(CCC1(C)CC1CNC(=O)N1Cc2ccncc2C1)C(=O)c1ccc(C2CCN(C)CC2)cc1. The highest BCUT2D eigenvalue weighted by molar-refractivity contribution is 5.94. The Kier molecular flexibility index (Phi) is 7.52. The number of benzene rings is 1. The lowest BCUT2D eigenvalue weighted by Crippen LogP contribution is -2.38. The summed E-state index contributed by atoms with van der Waals surface area (Å²) in [4.78, 5) is 36.3. The van der Waals surface area contributed by atoms with Crippen molar-refractivity contribution in [1.29, 1.82) is 0 Å². The van der Waals surface area contributed by atoms with E-state index in [2.05, 4.69) is 48.2 Å². The van der Waals surface area contributed by atoms with E-state index >= 15 is 0 Å². The molecule has 0 bridgehead atoms. The maximum atomic E-state index is 13.2. The lowest BCUT2D eigenvalue weighted by Gasteiger charge is -2.29. The van der Waals surface area contributed by atoms with Crippen LogP contribution in [0.25, 0.3) is 0 Å². The molecular weight excluding hydrogens is 462 g/mol. The molecule has 5 rings (SSSR count). The molecule has 1 aliphatic carbocycles. The number of carbonyl (C=O) groups is 2. The van der Waals surface area contributed by atoms with Crippen LogP contribution in [0.15, 0.2) is 42.7 Å². The van der Waals surface area contributed by atoms with Crippen molar-refractivity contribution in [3.8, 4) is 0 Å². The molecule has 7 heteroatoms. The molecule has 0 spiro atoms. The van der Waals surface area contributed by atoms with Gasteiger partial charge in [-0.3, -0.25) is 9.78 Å². The van der Waals surface area contributed by atoms with Crippen molar-refractivity contribution in [2.24, 2.45) is 11.3 Å². The van der Waals surface area contributed by atoms with E-state index in [4.69, 9.17) is 0 Å². The standard InChI is InChI=1S/C30H41N5O2/c1-4-34(28(36)24-7-5-22(6-8-24)23-10-14-33(3)15-11-23)16-12-30(2)17-27(30)19-32-29(37)35-20-25-9-13-31-18-26(25)21-35/h5-9,13,18,23,27H,4,10-12,14-17,19-21H2,1-3H3,(H,32,37). The highest BCUT2D eigenvalue weighted by atomic mass is 16.2. The molecule has 198 valence electrons. The maximum absolute atomic E-state index is 13.2. The largest absolute Gasteiger partial charge is 0.339 e. The molecule has 1 saturated heterocycles. The monoisotopic (exact) mass is 503 g/mol. The predicted octanol–water partition coefficient (Wildman–Crippen LogP) is 4.49. The summed E-state index contributed by atoms with van der Waals surface area (Å²) >= 11 is 0. The first-order chi connectivity index (χ1) is 17.9. The summed E-state index contributed by atoms with van der Waals surface area (Å²) in [6.45, 7) is 10.1. The molecule has 2 atom stereocenters. The molecule has 1 saturated carbocycles. The third-order valence-corrected chi connectivity index (χ3v) is 9.02. The number of nitrogens with one attached hydrogen (secondary N) is 1. The molecule has 3 aliphatic rings. The van der Waals surface area contributed by atoms with Crippen LogP contribution in [0.5, 0.6) is 0 Å². The number of aromatic nitrogens is 1. The van der Waals surface area contributed by atoms with Gasteiger partial charge in [0.25, 0.3) is 5.91 Å². The van der Waals surface area contributed by atoms with E-state index in [0.29, 0.717) is 38.0 Å². The minimum atomic E-state index is -0.000457. The summed E-state index contributed by atoms with van der Waals surface area (Å²) in [6.07, 6.45) is 8.07. The summed E-state index contributed by atoms with van der Waals surface area (Å²) < 4.78 is 0. The van der Waals surface area contributed by atoms with Crippen molar-refractivity contribution >= 4 is 11.9 Å². The van der Waals surface area contributed by atoms with Gasteiger partial charge in [0.1, 0.15) is 0 Å². The van der Waals surface area contributed by atoms with Crippen molar-refractivity contribution in [3.63, 3.8) is 0 Å². The second-order valence-electron chi connectivity index (χ2n) is 11.6. The number of piperidine rings is 1. The number of amides is 3. The lowest BCUT2D eigenvalue weighted by atomic mass is 9.89. The zero-order valence-electron chi connectivity index (χ0n) is 22.6. The van der Waals surface area contributed by atoms with Crippen LogP contribution in [0.4, 0.5) is 4.79 Å². The van der Waals surface area contributed by atoms with Gasteiger partial charge in [-0.05, 0) is 105 Å². The molecular formula is C30H41N5O2. The lowest BCUT2D eigenvalue weighted by molar-refractivity contribution is 0.0753. The van der Waals surface area contributed by atoms with Crippen LogP contribution in [0, 0.1) is 11.3 Å². The van der Waals surface area contributed by atoms with Crippen molar-refractivity contribution in [3.05, 3.63) is 65.0 Å². The van der Waals surface area contributed by atoms with Gasteiger partial charge in [0, 0.05) is 50.7 Å². The summed E-state index contributed by atoms with van der Waals surface area (Å²) in [5.41, 5.74) is 4.64. The number of fused-ring (bicyclic) bond motifs is 1. The van der Waals surface area contributed by atoms with Crippen molar-refractivity contribution in [2.45, 2.75) is 58.5 Å². The Morgan fingerprint density at radius 2 is 1.84 bits per heavy atom. The zero-order chi connectivity index (χ0) is 26.0. The molecule has 1 N–H and O–H groups in total.